The Kier molecular flexibility index (Phi) is 10.7. The number of nitrogens with zero attached hydrogens (tertiary/aromatic N) is 12. The fourth-order valence-electron chi connectivity index (χ4n) is 4.91. The summed E-state index contributed by atoms with van der Waals surface area (Å²) in [5, 5.41) is 36.9. The first kappa shape index (κ1) is 31.1. The van der Waals surface area contributed by atoms with Gasteiger partial charge in [0, 0.05) is 26.2 Å². The van der Waals surface area contributed by atoms with Gasteiger partial charge in [0.25, 0.3) is 0 Å². The normalized spacial score (nSPS) is 22.0. The van der Waals surface area contributed by atoms with Crippen LogP contribution in [0.2, 0.25) is 0 Å². The van der Waals surface area contributed by atoms with Crippen molar-refractivity contribution in [2.45, 2.75) is 90.8 Å². The molecular formula is C26H40N12S4. The first-order valence-corrected chi connectivity index (χ1v) is 18.0. The Hall–Kier alpha value is -2.30. The second-order valence-corrected chi connectivity index (χ2v) is 15.4. The molecule has 16 heteroatoms. The summed E-state index contributed by atoms with van der Waals surface area (Å²) in [4.78, 5) is 14.8. The van der Waals surface area contributed by atoms with Gasteiger partial charge >= 0.3 is 0 Å². The smallest absolute Gasteiger partial charge is 0.234 e. The van der Waals surface area contributed by atoms with Crippen LogP contribution in [0.15, 0.2) is 20.2 Å². The molecule has 0 spiro atoms. The highest BCUT2D eigenvalue weighted by molar-refractivity contribution is 8.14. The van der Waals surface area contributed by atoms with Gasteiger partial charge in [-0.25, -0.2) is 10.0 Å². The van der Waals surface area contributed by atoms with Gasteiger partial charge < -0.3 is 9.80 Å². The van der Waals surface area contributed by atoms with Gasteiger partial charge in [0.15, 0.2) is 0 Å². The van der Waals surface area contributed by atoms with E-state index in [-0.39, 0.29) is 10.7 Å². The first-order chi connectivity index (χ1) is 20.3. The van der Waals surface area contributed by atoms with Gasteiger partial charge in [0.05, 0.1) is 10.1 Å². The first-order valence-electron chi connectivity index (χ1n) is 14.6. The van der Waals surface area contributed by atoms with E-state index < -0.39 is 0 Å². The Morgan fingerprint density at radius 1 is 0.667 bits per heavy atom. The fourth-order valence-corrected chi connectivity index (χ4v) is 8.13. The number of aryl methyl sites for hydroxylation is 2. The van der Waals surface area contributed by atoms with Crippen molar-refractivity contribution in [2.24, 2.45) is 20.2 Å². The van der Waals surface area contributed by atoms with Crippen LogP contribution in [-0.4, -0.2) is 99.1 Å². The highest BCUT2D eigenvalue weighted by atomic mass is 32.2. The van der Waals surface area contributed by atoms with Gasteiger partial charge in [-0.2, -0.15) is 20.2 Å². The maximum atomic E-state index is 5.04. The average Bonchev–Trinajstić information content (AvgIpc) is 3.76. The van der Waals surface area contributed by atoms with Crippen LogP contribution in [0.4, 0.5) is 10.3 Å². The molecule has 0 bridgehead atoms. The third kappa shape index (κ3) is 7.61. The van der Waals surface area contributed by atoms with Crippen LogP contribution in [0.3, 0.4) is 0 Å². The molecule has 5 rings (SSSR count). The number of aliphatic imine (C=N–C) groups is 2. The van der Waals surface area contributed by atoms with Gasteiger partial charge in [-0.15, -0.1) is 20.4 Å². The van der Waals surface area contributed by atoms with E-state index in [0.29, 0.717) is 10.3 Å². The average molecular weight is 649 g/mol. The molecule has 2 atom stereocenters. The van der Waals surface area contributed by atoms with E-state index in [4.69, 9.17) is 20.2 Å². The molecule has 0 N–H and O–H groups in total. The van der Waals surface area contributed by atoms with E-state index in [1.54, 1.807) is 0 Å². The maximum absolute atomic E-state index is 5.04. The zero-order valence-corrected chi connectivity index (χ0v) is 28.5. The number of piperazine rings is 1. The highest BCUT2D eigenvalue weighted by Crippen LogP contribution is 2.34. The van der Waals surface area contributed by atoms with Crippen LogP contribution in [0.25, 0.3) is 0 Å². The van der Waals surface area contributed by atoms with Crippen molar-refractivity contribution in [3.8, 4) is 0 Å². The summed E-state index contributed by atoms with van der Waals surface area (Å²) in [6, 6.07) is 0. The third-order valence-corrected chi connectivity index (χ3v) is 10.7. The standard InChI is InChI=1S/C26H40N12S4/c1-7-9-11-21-37(33-19(5)39-21)25(27-23-31-29-17(3)41-23)35-13-15-36(16-14-35)26(28-24-32-30-18(4)42-24)38-22(12-10-8-2)40-20(6)34-38/h21-22H,7-16H2,1-6H3/b27-25+,28-26?/t21-,22-/m1/s1. The Bertz CT molecular complexity index is 1230. The van der Waals surface area contributed by atoms with Gasteiger partial charge in [0.2, 0.25) is 22.2 Å². The molecule has 1 saturated heterocycles. The predicted octanol–water partition coefficient (Wildman–Crippen LogP) is 6.10. The molecule has 0 amide bonds. The van der Waals surface area contributed by atoms with Gasteiger partial charge in [0.1, 0.15) is 20.8 Å². The van der Waals surface area contributed by atoms with E-state index in [1.807, 2.05) is 37.4 Å². The second kappa shape index (κ2) is 14.4. The van der Waals surface area contributed by atoms with Crippen LogP contribution in [0, 0.1) is 13.8 Å². The van der Waals surface area contributed by atoms with Crippen molar-refractivity contribution in [3.63, 3.8) is 0 Å². The van der Waals surface area contributed by atoms with Crippen LogP contribution in [-0.2, 0) is 0 Å². The van der Waals surface area contributed by atoms with E-state index >= 15 is 0 Å². The van der Waals surface area contributed by atoms with E-state index in [9.17, 15) is 0 Å². The lowest BCUT2D eigenvalue weighted by Gasteiger charge is -2.41. The summed E-state index contributed by atoms with van der Waals surface area (Å²) >= 11 is 6.67. The number of aromatic nitrogens is 4. The molecular weight excluding hydrogens is 609 g/mol. The minimum absolute atomic E-state index is 0.228. The largest absolute Gasteiger partial charge is 0.337 e. The molecule has 0 saturated carbocycles. The van der Waals surface area contributed by atoms with E-state index in [0.717, 1.165) is 96.7 Å². The summed E-state index contributed by atoms with van der Waals surface area (Å²) in [5.74, 6) is 1.70. The number of rotatable bonds is 8. The Balaban J connectivity index is 1.40. The molecule has 42 heavy (non-hydrogen) atoms. The Morgan fingerprint density at radius 3 is 1.40 bits per heavy atom. The summed E-state index contributed by atoms with van der Waals surface area (Å²) in [6.07, 6.45) is 6.70. The summed E-state index contributed by atoms with van der Waals surface area (Å²) < 4.78 is 0. The number of thioether (sulfide) groups is 2. The predicted molar refractivity (Wildman–Crippen MR) is 178 cm³/mol. The van der Waals surface area contributed by atoms with Crippen LogP contribution in [0.1, 0.15) is 76.2 Å². The van der Waals surface area contributed by atoms with Gasteiger partial charge in [-0.05, 0) is 40.5 Å². The van der Waals surface area contributed by atoms with Crippen molar-refractivity contribution >= 4 is 78.5 Å². The molecule has 3 aliphatic heterocycles. The molecule has 3 aliphatic rings. The van der Waals surface area contributed by atoms with Gasteiger partial charge in [-0.3, -0.25) is 0 Å². The molecule has 2 aromatic heterocycles. The molecule has 1 fully saturated rings. The SMILES string of the molecule is CCCC[C@H]1SC(C)=NN1C(=Nc1nnc(C)s1)N1CCN(/C(=N\c2nnc(C)s2)N2N=C(C)S[C@@H]2CCCC)CC1. The Labute approximate surface area is 264 Å². The van der Waals surface area contributed by atoms with Crippen molar-refractivity contribution in [1.82, 2.24) is 40.2 Å². The molecule has 12 nitrogen and oxygen atoms in total. The molecule has 228 valence electrons. The topological polar surface area (TPSA) is 114 Å². The minimum Gasteiger partial charge on any atom is -0.337 e. The Morgan fingerprint density at radius 2 is 1.07 bits per heavy atom. The van der Waals surface area contributed by atoms with Crippen molar-refractivity contribution < 1.29 is 0 Å². The maximum Gasteiger partial charge on any atom is 0.234 e. The minimum atomic E-state index is 0.228. The lowest BCUT2D eigenvalue weighted by molar-refractivity contribution is 0.206. The van der Waals surface area contributed by atoms with E-state index in [1.165, 1.54) is 22.7 Å². The third-order valence-electron chi connectivity index (χ3n) is 6.94. The summed E-state index contributed by atoms with van der Waals surface area (Å²) in [5.41, 5.74) is 0. The molecule has 0 aliphatic carbocycles. The highest BCUT2D eigenvalue weighted by Gasteiger charge is 2.37. The fraction of sp³-hybridized carbons (Fsp3) is 0.692. The number of hydrogen-bond donors (Lipinski definition) is 0. The molecule has 5 heterocycles. The molecule has 0 radical (unpaired) electrons. The zero-order valence-electron chi connectivity index (χ0n) is 25.2. The zero-order chi connectivity index (χ0) is 29.6. The van der Waals surface area contributed by atoms with Crippen LogP contribution < -0.4 is 0 Å². The van der Waals surface area contributed by atoms with E-state index in [2.05, 4.69) is 67.9 Å². The summed E-state index contributed by atoms with van der Waals surface area (Å²) in [6.45, 7) is 15.6. The molecule has 0 unspecified atom stereocenters. The van der Waals surface area contributed by atoms with Crippen molar-refractivity contribution in [3.05, 3.63) is 10.0 Å². The second-order valence-electron chi connectivity index (χ2n) is 10.4. The summed E-state index contributed by atoms with van der Waals surface area (Å²) in [7, 11) is 0. The number of hydrazone groups is 2. The lowest BCUT2D eigenvalue weighted by atomic mass is 10.2. The van der Waals surface area contributed by atoms with Crippen molar-refractivity contribution in [2.75, 3.05) is 26.2 Å². The number of hydrogen-bond acceptors (Lipinski definition) is 12. The quantitative estimate of drug-likeness (QED) is 0.246. The number of unbranched alkanes of at least 4 members (excludes halogenated alkanes) is 2. The monoisotopic (exact) mass is 648 g/mol. The molecule has 0 aromatic carbocycles. The van der Waals surface area contributed by atoms with Crippen molar-refractivity contribution in [1.29, 1.82) is 0 Å². The lowest BCUT2D eigenvalue weighted by Crippen LogP contribution is -2.57. The van der Waals surface area contributed by atoms with Crippen LogP contribution >= 0.6 is 46.2 Å². The molecule has 2 aromatic rings. The number of guanidine groups is 2. The van der Waals surface area contributed by atoms with Gasteiger partial charge in [-0.1, -0.05) is 85.7 Å². The van der Waals surface area contributed by atoms with Crippen LogP contribution in [0.5, 0.6) is 0 Å².